The van der Waals surface area contributed by atoms with Crippen molar-refractivity contribution >= 4 is 22.6 Å². The number of nitrogens with zero attached hydrogens (tertiary/aromatic N) is 3. The van der Waals surface area contributed by atoms with Crippen molar-refractivity contribution in [2.75, 3.05) is 11.9 Å². The van der Waals surface area contributed by atoms with E-state index in [0.29, 0.717) is 33.6 Å². The topological polar surface area (TPSA) is 79.9 Å². The maximum Gasteiger partial charge on any atom is 0.320 e. The molecule has 0 bridgehead atoms. The van der Waals surface area contributed by atoms with Crippen molar-refractivity contribution in [2.24, 2.45) is 0 Å². The van der Waals surface area contributed by atoms with Gasteiger partial charge in [0, 0.05) is 11.3 Å². The number of halogens is 2. The third kappa shape index (κ3) is 4.36. The standard InChI is InChI=1S/C23H16F2N4O2/c24-23(25)29-20-4-2-1-3-19(20)28-22(29)16-7-9-17(10-8-16)27-21(30)14-31-18-11-5-15(13-26)6-12-18/h1-12,23H,14H2,(H,27,30). The second kappa shape index (κ2) is 8.63. The van der Waals surface area contributed by atoms with Gasteiger partial charge in [-0.25, -0.2) is 4.98 Å². The maximum atomic E-state index is 13.6. The Bertz CT molecular complexity index is 1260. The molecule has 4 aromatic rings. The zero-order valence-corrected chi connectivity index (χ0v) is 16.1. The second-order valence-corrected chi connectivity index (χ2v) is 6.62. The SMILES string of the molecule is N#Cc1ccc(OCC(=O)Nc2ccc(-c3nc4ccccc4n3C(F)F)cc2)cc1. The molecule has 0 saturated carbocycles. The molecule has 0 aliphatic rings. The van der Waals surface area contributed by atoms with E-state index in [1.54, 1.807) is 72.8 Å². The van der Waals surface area contributed by atoms with Crippen LogP contribution in [0.2, 0.25) is 0 Å². The van der Waals surface area contributed by atoms with E-state index < -0.39 is 6.55 Å². The lowest BCUT2D eigenvalue weighted by molar-refractivity contribution is -0.118. The molecule has 154 valence electrons. The molecule has 0 aliphatic heterocycles. The Hall–Kier alpha value is -4.25. The highest BCUT2D eigenvalue weighted by atomic mass is 19.3. The molecular weight excluding hydrogens is 402 g/mol. The van der Waals surface area contributed by atoms with Gasteiger partial charge in [0.15, 0.2) is 6.61 Å². The molecule has 0 aliphatic carbocycles. The summed E-state index contributed by atoms with van der Waals surface area (Å²) in [7, 11) is 0. The van der Waals surface area contributed by atoms with Gasteiger partial charge < -0.3 is 10.1 Å². The van der Waals surface area contributed by atoms with Crippen LogP contribution in [-0.4, -0.2) is 22.1 Å². The van der Waals surface area contributed by atoms with E-state index in [0.717, 1.165) is 4.57 Å². The summed E-state index contributed by atoms with van der Waals surface area (Å²) in [6.07, 6.45) is 0. The molecule has 0 radical (unpaired) electrons. The van der Waals surface area contributed by atoms with Crippen LogP contribution in [0.25, 0.3) is 22.4 Å². The van der Waals surface area contributed by atoms with Crippen molar-refractivity contribution in [1.29, 1.82) is 5.26 Å². The molecule has 4 rings (SSSR count). The molecule has 1 heterocycles. The van der Waals surface area contributed by atoms with E-state index in [-0.39, 0.29) is 18.3 Å². The predicted octanol–water partition coefficient (Wildman–Crippen LogP) is 4.99. The van der Waals surface area contributed by atoms with Crippen molar-refractivity contribution in [1.82, 2.24) is 9.55 Å². The molecule has 0 fully saturated rings. The van der Waals surface area contributed by atoms with Gasteiger partial charge in [-0.15, -0.1) is 0 Å². The van der Waals surface area contributed by atoms with Gasteiger partial charge in [0.1, 0.15) is 11.6 Å². The van der Waals surface area contributed by atoms with Crippen LogP contribution in [0.3, 0.4) is 0 Å². The first-order valence-corrected chi connectivity index (χ1v) is 9.33. The van der Waals surface area contributed by atoms with Crippen molar-refractivity contribution in [3.8, 4) is 23.2 Å². The highest BCUT2D eigenvalue weighted by molar-refractivity contribution is 5.92. The Kier molecular flexibility index (Phi) is 5.58. The minimum absolute atomic E-state index is 0.151. The number of carbonyl (C=O) groups excluding carboxylic acids is 1. The lowest BCUT2D eigenvalue weighted by Crippen LogP contribution is -2.20. The van der Waals surface area contributed by atoms with Gasteiger partial charge in [-0.1, -0.05) is 12.1 Å². The number of nitrogens with one attached hydrogen (secondary N) is 1. The van der Waals surface area contributed by atoms with E-state index in [9.17, 15) is 13.6 Å². The van der Waals surface area contributed by atoms with E-state index >= 15 is 0 Å². The van der Waals surface area contributed by atoms with E-state index in [1.807, 2.05) is 6.07 Å². The molecule has 8 heteroatoms. The summed E-state index contributed by atoms with van der Waals surface area (Å²) in [6, 6.07) is 21.6. The van der Waals surface area contributed by atoms with Gasteiger partial charge in [-0.05, 0) is 60.7 Å². The number of ether oxygens (including phenoxy) is 1. The van der Waals surface area contributed by atoms with E-state index in [2.05, 4.69) is 10.3 Å². The second-order valence-electron chi connectivity index (χ2n) is 6.62. The largest absolute Gasteiger partial charge is 0.484 e. The summed E-state index contributed by atoms with van der Waals surface area (Å²) < 4.78 is 33.5. The van der Waals surface area contributed by atoms with Crippen LogP contribution in [0.1, 0.15) is 12.1 Å². The summed E-state index contributed by atoms with van der Waals surface area (Å²) in [5, 5.41) is 11.5. The number of nitriles is 1. The summed E-state index contributed by atoms with van der Waals surface area (Å²) >= 11 is 0. The minimum Gasteiger partial charge on any atom is -0.484 e. The number of carbonyl (C=O) groups is 1. The van der Waals surface area contributed by atoms with Crippen molar-refractivity contribution in [2.45, 2.75) is 6.55 Å². The molecule has 6 nitrogen and oxygen atoms in total. The van der Waals surface area contributed by atoms with Crippen molar-refractivity contribution in [3.63, 3.8) is 0 Å². The fourth-order valence-electron chi connectivity index (χ4n) is 3.12. The number of fused-ring (bicyclic) bond motifs is 1. The summed E-state index contributed by atoms with van der Waals surface area (Å²) in [4.78, 5) is 16.4. The molecule has 0 spiro atoms. The van der Waals surface area contributed by atoms with Gasteiger partial charge >= 0.3 is 6.55 Å². The number of hydrogen-bond donors (Lipinski definition) is 1. The number of imidazole rings is 1. The number of rotatable bonds is 6. The van der Waals surface area contributed by atoms with E-state index in [4.69, 9.17) is 10.00 Å². The Balaban J connectivity index is 1.45. The lowest BCUT2D eigenvalue weighted by Gasteiger charge is -2.10. The zero-order chi connectivity index (χ0) is 21.8. The average molecular weight is 418 g/mol. The fourth-order valence-corrected chi connectivity index (χ4v) is 3.12. The molecule has 3 aromatic carbocycles. The highest BCUT2D eigenvalue weighted by Gasteiger charge is 2.18. The third-order valence-electron chi connectivity index (χ3n) is 4.57. The molecule has 0 unspecified atom stereocenters. The fraction of sp³-hybridized carbons (Fsp3) is 0.0870. The normalized spacial score (nSPS) is 10.8. The highest BCUT2D eigenvalue weighted by Crippen LogP contribution is 2.30. The molecule has 1 aromatic heterocycles. The smallest absolute Gasteiger partial charge is 0.320 e. The minimum atomic E-state index is -2.74. The lowest BCUT2D eigenvalue weighted by atomic mass is 10.2. The quantitative estimate of drug-likeness (QED) is 0.479. The maximum absolute atomic E-state index is 13.6. The molecule has 0 atom stereocenters. The Morgan fingerprint density at radius 1 is 1.06 bits per heavy atom. The van der Waals surface area contributed by atoms with Crippen LogP contribution >= 0.6 is 0 Å². The Morgan fingerprint density at radius 3 is 2.45 bits per heavy atom. The summed E-state index contributed by atoms with van der Waals surface area (Å²) in [5.74, 6) is 0.241. The monoisotopic (exact) mass is 418 g/mol. The molecule has 31 heavy (non-hydrogen) atoms. The third-order valence-corrected chi connectivity index (χ3v) is 4.57. The van der Waals surface area contributed by atoms with Gasteiger partial charge in [-0.2, -0.15) is 14.0 Å². The Morgan fingerprint density at radius 2 is 1.77 bits per heavy atom. The first-order chi connectivity index (χ1) is 15.0. The molecular formula is C23H16F2N4O2. The van der Waals surface area contributed by atoms with Crippen LogP contribution in [0.15, 0.2) is 72.8 Å². The number of amides is 1. The first-order valence-electron chi connectivity index (χ1n) is 9.33. The van der Waals surface area contributed by atoms with Gasteiger partial charge in [-0.3, -0.25) is 9.36 Å². The van der Waals surface area contributed by atoms with Crippen LogP contribution in [0.5, 0.6) is 5.75 Å². The van der Waals surface area contributed by atoms with Crippen LogP contribution < -0.4 is 10.1 Å². The zero-order valence-electron chi connectivity index (χ0n) is 16.1. The van der Waals surface area contributed by atoms with Crippen molar-refractivity contribution in [3.05, 3.63) is 78.4 Å². The molecule has 0 saturated heterocycles. The van der Waals surface area contributed by atoms with Crippen molar-refractivity contribution < 1.29 is 18.3 Å². The Labute approximate surface area is 176 Å². The van der Waals surface area contributed by atoms with Crippen LogP contribution in [-0.2, 0) is 4.79 Å². The number of anilines is 1. The predicted molar refractivity (Wildman–Crippen MR) is 112 cm³/mol. The number of benzene rings is 3. The first kappa shape index (κ1) is 20.0. The van der Waals surface area contributed by atoms with E-state index in [1.165, 1.54) is 0 Å². The number of hydrogen-bond acceptors (Lipinski definition) is 4. The summed E-state index contributed by atoms with van der Waals surface area (Å²) in [5.41, 5.74) is 2.33. The molecule has 1 N–H and O–H groups in total. The average Bonchev–Trinajstić information content (AvgIpc) is 3.18. The van der Waals surface area contributed by atoms with Gasteiger partial charge in [0.25, 0.3) is 5.91 Å². The van der Waals surface area contributed by atoms with Crippen LogP contribution in [0.4, 0.5) is 14.5 Å². The van der Waals surface area contributed by atoms with Crippen LogP contribution in [0, 0.1) is 11.3 Å². The van der Waals surface area contributed by atoms with Gasteiger partial charge in [0.2, 0.25) is 0 Å². The molecule has 1 amide bonds. The summed E-state index contributed by atoms with van der Waals surface area (Å²) in [6.45, 7) is -2.95. The number of alkyl halides is 2. The van der Waals surface area contributed by atoms with Gasteiger partial charge in [0.05, 0.1) is 22.7 Å². The number of aromatic nitrogens is 2. The number of para-hydroxylation sites is 2.